The Balaban J connectivity index is 2.07. The van der Waals surface area contributed by atoms with E-state index in [0.717, 1.165) is 18.8 Å². The van der Waals surface area contributed by atoms with Gasteiger partial charge in [0.05, 0.1) is 32.5 Å². The standard InChI is InChI=1S/C11H15N3O3/c1-16-10-6-12-5-9(13-10)14-4-3-8(7-14)11(15)17-2/h5-6,8H,3-4,7H2,1-2H3. The summed E-state index contributed by atoms with van der Waals surface area (Å²) in [6.07, 6.45) is 4.01. The number of carbonyl (C=O) groups excluding carboxylic acids is 1. The van der Waals surface area contributed by atoms with Crippen molar-refractivity contribution in [3.05, 3.63) is 12.4 Å². The number of methoxy groups -OCH3 is 2. The molecule has 1 aliphatic rings. The lowest BCUT2D eigenvalue weighted by Crippen LogP contribution is -2.24. The van der Waals surface area contributed by atoms with Crippen molar-refractivity contribution in [1.29, 1.82) is 0 Å². The van der Waals surface area contributed by atoms with Gasteiger partial charge < -0.3 is 14.4 Å². The van der Waals surface area contributed by atoms with E-state index in [2.05, 4.69) is 9.97 Å². The van der Waals surface area contributed by atoms with Crippen LogP contribution in [0.5, 0.6) is 5.88 Å². The van der Waals surface area contributed by atoms with Crippen molar-refractivity contribution < 1.29 is 14.3 Å². The number of hydrogen-bond acceptors (Lipinski definition) is 6. The van der Waals surface area contributed by atoms with Gasteiger partial charge in [-0.15, -0.1) is 0 Å². The monoisotopic (exact) mass is 237 g/mol. The molecule has 0 radical (unpaired) electrons. The van der Waals surface area contributed by atoms with Crippen molar-refractivity contribution in [1.82, 2.24) is 9.97 Å². The summed E-state index contributed by atoms with van der Waals surface area (Å²) < 4.78 is 9.75. The number of ether oxygens (including phenoxy) is 2. The van der Waals surface area contributed by atoms with E-state index >= 15 is 0 Å². The van der Waals surface area contributed by atoms with Gasteiger partial charge in [-0.25, -0.2) is 0 Å². The Labute approximate surface area is 99.6 Å². The van der Waals surface area contributed by atoms with E-state index in [1.165, 1.54) is 7.11 Å². The van der Waals surface area contributed by atoms with E-state index in [0.29, 0.717) is 12.4 Å². The van der Waals surface area contributed by atoms with Crippen LogP contribution in [0.15, 0.2) is 12.4 Å². The molecule has 0 aliphatic carbocycles. The Hall–Kier alpha value is -1.85. The number of aromatic nitrogens is 2. The van der Waals surface area contributed by atoms with Gasteiger partial charge in [0, 0.05) is 13.1 Å². The average Bonchev–Trinajstić information content (AvgIpc) is 2.87. The molecule has 92 valence electrons. The molecule has 0 amide bonds. The van der Waals surface area contributed by atoms with Crippen molar-refractivity contribution in [3.8, 4) is 5.88 Å². The van der Waals surface area contributed by atoms with Crippen LogP contribution >= 0.6 is 0 Å². The molecule has 1 unspecified atom stereocenters. The van der Waals surface area contributed by atoms with Gasteiger partial charge in [0.1, 0.15) is 0 Å². The van der Waals surface area contributed by atoms with E-state index in [4.69, 9.17) is 9.47 Å². The van der Waals surface area contributed by atoms with Crippen LogP contribution in [0.25, 0.3) is 0 Å². The lowest BCUT2D eigenvalue weighted by molar-refractivity contribution is -0.144. The van der Waals surface area contributed by atoms with Crippen LogP contribution in [0.2, 0.25) is 0 Å². The topological polar surface area (TPSA) is 64.5 Å². The molecule has 0 spiro atoms. The number of carbonyl (C=O) groups is 1. The first kappa shape index (κ1) is 11.6. The first-order valence-electron chi connectivity index (χ1n) is 5.43. The Morgan fingerprint density at radius 1 is 1.47 bits per heavy atom. The molecule has 1 aromatic rings. The minimum absolute atomic E-state index is 0.0759. The normalized spacial score (nSPS) is 19.2. The fraction of sp³-hybridized carbons (Fsp3) is 0.545. The van der Waals surface area contributed by atoms with Gasteiger partial charge in [0.25, 0.3) is 0 Å². The third-order valence-corrected chi connectivity index (χ3v) is 2.86. The summed E-state index contributed by atoms with van der Waals surface area (Å²) in [5.74, 6) is 0.969. The second-order valence-corrected chi connectivity index (χ2v) is 3.87. The van der Waals surface area contributed by atoms with Gasteiger partial charge in [-0.1, -0.05) is 0 Å². The Morgan fingerprint density at radius 3 is 3.00 bits per heavy atom. The first-order valence-corrected chi connectivity index (χ1v) is 5.43. The quantitative estimate of drug-likeness (QED) is 0.713. The van der Waals surface area contributed by atoms with Crippen LogP contribution in [0.3, 0.4) is 0 Å². The van der Waals surface area contributed by atoms with Gasteiger partial charge in [0.2, 0.25) is 5.88 Å². The van der Waals surface area contributed by atoms with Crippen molar-refractivity contribution >= 4 is 11.8 Å². The number of nitrogens with zero attached hydrogens (tertiary/aromatic N) is 3. The molecule has 2 rings (SSSR count). The summed E-state index contributed by atoms with van der Waals surface area (Å²) in [7, 11) is 2.96. The van der Waals surface area contributed by atoms with E-state index in [-0.39, 0.29) is 11.9 Å². The summed E-state index contributed by atoms with van der Waals surface area (Å²) in [4.78, 5) is 21.7. The van der Waals surface area contributed by atoms with Gasteiger partial charge in [-0.05, 0) is 6.42 Å². The van der Waals surface area contributed by atoms with Crippen LogP contribution in [0.4, 0.5) is 5.82 Å². The molecule has 1 saturated heterocycles. The van der Waals surface area contributed by atoms with Crippen LogP contribution in [0, 0.1) is 5.92 Å². The van der Waals surface area contributed by atoms with E-state index in [1.807, 2.05) is 4.90 Å². The summed E-state index contributed by atoms with van der Waals surface area (Å²) in [6.45, 7) is 1.40. The highest BCUT2D eigenvalue weighted by Crippen LogP contribution is 2.23. The maximum Gasteiger partial charge on any atom is 0.310 e. The van der Waals surface area contributed by atoms with Crippen LogP contribution in [0.1, 0.15) is 6.42 Å². The molecular weight excluding hydrogens is 222 g/mol. The van der Waals surface area contributed by atoms with E-state index in [9.17, 15) is 4.79 Å². The van der Waals surface area contributed by atoms with Crippen molar-refractivity contribution in [2.24, 2.45) is 5.92 Å². The molecule has 2 heterocycles. The lowest BCUT2D eigenvalue weighted by Gasteiger charge is -2.16. The maximum atomic E-state index is 11.4. The third-order valence-electron chi connectivity index (χ3n) is 2.86. The summed E-state index contributed by atoms with van der Waals surface area (Å²) in [5.41, 5.74) is 0. The fourth-order valence-electron chi connectivity index (χ4n) is 1.92. The molecule has 1 aliphatic heterocycles. The number of anilines is 1. The van der Waals surface area contributed by atoms with Gasteiger partial charge >= 0.3 is 5.97 Å². The fourth-order valence-corrected chi connectivity index (χ4v) is 1.92. The molecule has 6 heteroatoms. The molecule has 1 aromatic heterocycles. The SMILES string of the molecule is COC(=O)C1CCN(c2cncc(OC)n2)C1. The van der Waals surface area contributed by atoms with Gasteiger partial charge in [0.15, 0.2) is 5.82 Å². The first-order chi connectivity index (χ1) is 8.24. The zero-order chi connectivity index (χ0) is 12.3. The Kier molecular flexibility index (Phi) is 3.41. The molecule has 0 saturated carbocycles. The highest BCUT2D eigenvalue weighted by Gasteiger charge is 2.29. The highest BCUT2D eigenvalue weighted by molar-refractivity contribution is 5.74. The minimum Gasteiger partial charge on any atom is -0.480 e. The number of hydrogen-bond donors (Lipinski definition) is 0. The van der Waals surface area contributed by atoms with E-state index in [1.54, 1.807) is 19.5 Å². The molecule has 0 bridgehead atoms. The lowest BCUT2D eigenvalue weighted by atomic mass is 10.1. The summed E-state index contributed by atoms with van der Waals surface area (Å²) in [5, 5.41) is 0. The van der Waals surface area contributed by atoms with Gasteiger partial charge in [-0.3, -0.25) is 9.78 Å². The molecule has 17 heavy (non-hydrogen) atoms. The molecular formula is C11H15N3O3. The maximum absolute atomic E-state index is 11.4. The predicted octanol–water partition coefficient (Wildman–Crippen LogP) is 0.484. The Bertz CT molecular complexity index is 411. The molecule has 0 aromatic carbocycles. The number of esters is 1. The molecule has 0 N–H and O–H groups in total. The van der Waals surface area contributed by atoms with Crippen molar-refractivity contribution in [2.75, 3.05) is 32.2 Å². The summed E-state index contributed by atoms with van der Waals surface area (Å²) in [6, 6.07) is 0. The molecule has 1 fully saturated rings. The number of rotatable bonds is 3. The second-order valence-electron chi connectivity index (χ2n) is 3.87. The zero-order valence-electron chi connectivity index (χ0n) is 9.92. The highest BCUT2D eigenvalue weighted by atomic mass is 16.5. The third kappa shape index (κ3) is 2.46. The average molecular weight is 237 g/mol. The van der Waals surface area contributed by atoms with Crippen molar-refractivity contribution in [2.45, 2.75) is 6.42 Å². The second kappa shape index (κ2) is 4.99. The zero-order valence-corrected chi connectivity index (χ0v) is 9.92. The molecule has 6 nitrogen and oxygen atoms in total. The minimum atomic E-state index is -0.164. The van der Waals surface area contributed by atoms with Crippen LogP contribution < -0.4 is 9.64 Å². The van der Waals surface area contributed by atoms with Crippen LogP contribution in [-0.2, 0) is 9.53 Å². The smallest absolute Gasteiger partial charge is 0.310 e. The van der Waals surface area contributed by atoms with E-state index < -0.39 is 0 Å². The van der Waals surface area contributed by atoms with Crippen molar-refractivity contribution in [3.63, 3.8) is 0 Å². The van der Waals surface area contributed by atoms with Gasteiger partial charge in [-0.2, -0.15) is 4.98 Å². The van der Waals surface area contributed by atoms with Crippen LogP contribution in [-0.4, -0.2) is 43.2 Å². The summed E-state index contributed by atoms with van der Waals surface area (Å²) >= 11 is 0. The largest absolute Gasteiger partial charge is 0.480 e. The Morgan fingerprint density at radius 2 is 2.29 bits per heavy atom. The predicted molar refractivity (Wildman–Crippen MR) is 60.9 cm³/mol. The molecule has 1 atom stereocenters.